The first-order valence-electron chi connectivity index (χ1n) is 7.76. The van der Waals surface area contributed by atoms with Crippen molar-refractivity contribution >= 4 is 5.91 Å². The molecule has 2 fully saturated rings. The molecule has 0 aliphatic carbocycles. The lowest BCUT2D eigenvalue weighted by atomic mass is 10.1. The zero-order valence-electron chi connectivity index (χ0n) is 12.6. The lowest BCUT2D eigenvalue weighted by Gasteiger charge is -2.27. The fraction of sp³-hybridized carbons (Fsp3) is 0.625. The molecular formula is C16H23N3O2. The van der Waals surface area contributed by atoms with Crippen molar-refractivity contribution in [3.8, 4) is 0 Å². The molecule has 1 aromatic heterocycles. The van der Waals surface area contributed by atoms with Gasteiger partial charge in [-0.15, -0.1) is 0 Å². The number of rotatable bonds is 3. The SMILES string of the molecule is CC(=O)N1CCC[C@H]1c1ccc(CN2CCOCC2)cn1. The van der Waals surface area contributed by atoms with Crippen LogP contribution in [0.1, 0.15) is 37.1 Å². The van der Waals surface area contributed by atoms with Crippen LogP contribution in [0.2, 0.25) is 0 Å². The highest BCUT2D eigenvalue weighted by Gasteiger charge is 2.28. The molecule has 2 saturated heterocycles. The van der Waals surface area contributed by atoms with Crippen molar-refractivity contribution in [2.75, 3.05) is 32.8 Å². The number of hydrogen-bond donors (Lipinski definition) is 0. The second-order valence-corrected chi connectivity index (χ2v) is 5.85. The maximum Gasteiger partial charge on any atom is 0.220 e. The smallest absolute Gasteiger partial charge is 0.220 e. The number of carbonyl (C=O) groups excluding carboxylic acids is 1. The van der Waals surface area contributed by atoms with Crippen molar-refractivity contribution in [1.82, 2.24) is 14.8 Å². The largest absolute Gasteiger partial charge is 0.379 e. The molecule has 1 aromatic rings. The van der Waals surface area contributed by atoms with Crippen LogP contribution >= 0.6 is 0 Å². The van der Waals surface area contributed by atoms with Gasteiger partial charge in [-0.3, -0.25) is 14.7 Å². The van der Waals surface area contributed by atoms with Gasteiger partial charge in [-0.05, 0) is 24.5 Å². The van der Waals surface area contributed by atoms with E-state index in [-0.39, 0.29) is 11.9 Å². The summed E-state index contributed by atoms with van der Waals surface area (Å²) in [6.45, 7) is 7.05. The summed E-state index contributed by atoms with van der Waals surface area (Å²) in [5.74, 6) is 0.150. The normalized spacial score (nSPS) is 23.5. The second-order valence-electron chi connectivity index (χ2n) is 5.85. The summed E-state index contributed by atoms with van der Waals surface area (Å²) < 4.78 is 5.36. The van der Waals surface area contributed by atoms with Gasteiger partial charge in [0.2, 0.25) is 5.91 Å². The van der Waals surface area contributed by atoms with Gasteiger partial charge in [0.25, 0.3) is 0 Å². The van der Waals surface area contributed by atoms with Crippen LogP contribution in [0.15, 0.2) is 18.3 Å². The first-order chi connectivity index (χ1) is 10.2. The van der Waals surface area contributed by atoms with Crippen LogP contribution in [-0.2, 0) is 16.1 Å². The second kappa shape index (κ2) is 6.54. The van der Waals surface area contributed by atoms with Crippen LogP contribution in [0.25, 0.3) is 0 Å². The van der Waals surface area contributed by atoms with Crippen LogP contribution in [0.3, 0.4) is 0 Å². The van der Waals surface area contributed by atoms with Crippen LogP contribution in [0.5, 0.6) is 0 Å². The maximum atomic E-state index is 11.6. The molecule has 1 amide bonds. The van der Waals surface area contributed by atoms with Gasteiger partial charge >= 0.3 is 0 Å². The minimum atomic E-state index is 0.150. The van der Waals surface area contributed by atoms with E-state index in [1.807, 2.05) is 11.1 Å². The number of aromatic nitrogens is 1. The molecule has 2 aliphatic heterocycles. The fourth-order valence-corrected chi connectivity index (χ4v) is 3.20. The minimum Gasteiger partial charge on any atom is -0.379 e. The Bertz CT molecular complexity index is 483. The number of carbonyl (C=O) groups is 1. The predicted molar refractivity (Wildman–Crippen MR) is 79.7 cm³/mol. The third-order valence-electron chi connectivity index (χ3n) is 4.36. The van der Waals surface area contributed by atoms with Gasteiger partial charge in [0, 0.05) is 39.3 Å². The van der Waals surface area contributed by atoms with E-state index in [0.29, 0.717) is 0 Å². The van der Waals surface area contributed by atoms with E-state index in [0.717, 1.165) is 57.9 Å². The number of ether oxygens (including phenoxy) is 1. The molecule has 21 heavy (non-hydrogen) atoms. The zero-order valence-corrected chi connectivity index (χ0v) is 12.6. The average Bonchev–Trinajstić information content (AvgIpc) is 2.99. The van der Waals surface area contributed by atoms with Crippen LogP contribution in [-0.4, -0.2) is 53.5 Å². The monoisotopic (exact) mass is 289 g/mol. The number of likely N-dealkylation sites (tertiary alicyclic amines) is 1. The Hall–Kier alpha value is -1.46. The van der Waals surface area contributed by atoms with E-state index < -0.39 is 0 Å². The molecule has 114 valence electrons. The topological polar surface area (TPSA) is 45.7 Å². The summed E-state index contributed by atoms with van der Waals surface area (Å²) in [6.07, 6.45) is 4.05. The molecule has 2 aliphatic rings. The van der Waals surface area contributed by atoms with Crippen molar-refractivity contribution in [3.05, 3.63) is 29.6 Å². The summed E-state index contributed by atoms with van der Waals surface area (Å²) in [7, 11) is 0. The molecule has 5 heteroatoms. The maximum absolute atomic E-state index is 11.6. The third kappa shape index (κ3) is 3.41. The average molecular weight is 289 g/mol. The van der Waals surface area contributed by atoms with Gasteiger partial charge in [0.1, 0.15) is 0 Å². The third-order valence-corrected chi connectivity index (χ3v) is 4.36. The molecule has 1 atom stereocenters. The quantitative estimate of drug-likeness (QED) is 0.848. The molecule has 3 heterocycles. The van der Waals surface area contributed by atoms with Crippen molar-refractivity contribution in [2.24, 2.45) is 0 Å². The van der Waals surface area contributed by atoms with Crippen LogP contribution in [0, 0.1) is 0 Å². The minimum absolute atomic E-state index is 0.150. The van der Waals surface area contributed by atoms with Gasteiger partial charge < -0.3 is 9.64 Å². The summed E-state index contributed by atoms with van der Waals surface area (Å²) in [4.78, 5) is 20.6. The highest BCUT2D eigenvalue weighted by Crippen LogP contribution is 2.30. The van der Waals surface area contributed by atoms with Gasteiger partial charge in [-0.2, -0.15) is 0 Å². The number of morpholine rings is 1. The predicted octanol–water partition coefficient (Wildman–Crippen LogP) is 1.60. The molecule has 0 spiro atoms. The Kier molecular flexibility index (Phi) is 4.51. The van der Waals surface area contributed by atoms with Crippen molar-refractivity contribution < 1.29 is 9.53 Å². The van der Waals surface area contributed by atoms with E-state index in [1.54, 1.807) is 6.92 Å². The molecule has 0 radical (unpaired) electrons. The van der Waals surface area contributed by atoms with Crippen LogP contribution in [0.4, 0.5) is 0 Å². The Morgan fingerprint density at radius 1 is 1.33 bits per heavy atom. The molecule has 0 bridgehead atoms. The standard InChI is InChI=1S/C16H23N3O2/c1-13(20)19-6-2-3-16(19)15-5-4-14(11-17-15)12-18-7-9-21-10-8-18/h4-5,11,16H,2-3,6-10,12H2,1H3/t16-/m0/s1. The Labute approximate surface area is 125 Å². The lowest BCUT2D eigenvalue weighted by Crippen LogP contribution is -2.35. The zero-order chi connectivity index (χ0) is 14.7. The molecule has 0 aromatic carbocycles. The van der Waals surface area contributed by atoms with Crippen LogP contribution < -0.4 is 0 Å². The van der Waals surface area contributed by atoms with Gasteiger partial charge in [-0.25, -0.2) is 0 Å². The van der Waals surface area contributed by atoms with Crippen molar-refractivity contribution in [3.63, 3.8) is 0 Å². The highest BCUT2D eigenvalue weighted by molar-refractivity contribution is 5.74. The van der Waals surface area contributed by atoms with E-state index in [2.05, 4.69) is 22.0 Å². The Morgan fingerprint density at radius 3 is 2.81 bits per heavy atom. The number of hydrogen-bond acceptors (Lipinski definition) is 4. The summed E-state index contributed by atoms with van der Waals surface area (Å²) >= 11 is 0. The summed E-state index contributed by atoms with van der Waals surface area (Å²) in [6, 6.07) is 4.40. The number of pyridine rings is 1. The Morgan fingerprint density at radius 2 is 2.14 bits per heavy atom. The van der Waals surface area contributed by atoms with Crippen molar-refractivity contribution in [1.29, 1.82) is 0 Å². The van der Waals surface area contributed by atoms with Gasteiger partial charge in [-0.1, -0.05) is 6.07 Å². The van der Waals surface area contributed by atoms with Gasteiger partial charge in [0.05, 0.1) is 24.9 Å². The van der Waals surface area contributed by atoms with E-state index in [1.165, 1.54) is 5.56 Å². The number of amides is 1. The molecule has 0 unspecified atom stereocenters. The molecular weight excluding hydrogens is 266 g/mol. The van der Waals surface area contributed by atoms with Gasteiger partial charge in [0.15, 0.2) is 0 Å². The summed E-state index contributed by atoms with van der Waals surface area (Å²) in [5, 5.41) is 0. The van der Waals surface area contributed by atoms with E-state index in [9.17, 15) is 4.79 Å². The fourth-order valence-electron chi connectivity index (χ4n) is 3.20. The molecule has 0 N–H and O–H groups in total. The molecule has 5 nitrogen and oxygen atoms in total. The molecule has 0 saturated carbocycles. The highest BCUT2D eigenvalue weighted by atomic mass is 16.5. The van der Waals surface area contributed by atoms with E-state index in [4.69, 9.17) is 4.74 Å². The summed E-state index contributed by atoms with van der Waals surface area (Å²) in [5.41, 5.74) is 2.25. The first-order valence-corrected chi connectivity index (χ1v) is 7.76. The van der Waals surface area contributed by atoms with E-state index >= 15 is 0 Å². The number of nitrogens with zero attached hydrogens (tertiary/aromatic N) is 3. The molecule has 3 rings (SSSR count). The lowest BCUT2D eigenvalue weighted by molar-refractivity contribution is -0.129. The Balaban J connectivity index is 1.64. The first kappa shape index (κ1) is 14.5. The van der Waals surface area contributed by atoms with Crippen molar-refractivity contribution in [2.45, 2.75) is 32.4 Å².